The number of nitrogens with zero attached hydrogens (tertiary/aromatic N) is 3. The van der Waals surface area contributed by atoms with Crippen LogP contribution in [0.1, 0.15) is 78.3 Å². The van der Waals surface area contributed by atoms with Crippen LogP contribution in [0.15, 0.2) is 12.3 Å². The molecule has 1 aromatic rings. The highest BCUT2D eigenvalue weighted by molar-refractivity contribution is 5.32. The summed E-state index contributed by atoms with van der Waals surface area (Å²) in [6, 6.07) is 2.64. The maximum Gasteiger partial charge on any atom is 0.225 e. The Hall–Kier alpha value is -1.12. The third-order valence-electron chi connectivity index (χ3n) is 3.90. The second kappa shape index (κ2) is 10.6. The minimum atomic E-state index is 0.587. The number of aryl methyl sites for hydroxylation is 1. The van der Waals surface area contributed by atoms with Gasteiger partial charge in [-0.1, -0.05) is 53.4 Å². The SMILES string of the molecule is CCCCN(c1nccc(CCC)n1)C(CCC)CCC. The summed E-state index contributed by atoms with van der Waals surface area (Å²) in [6.07, 6.45) is 11.5. The number of hydrogen-bond acceptors (Lipinski definition) is 3. The lowest BCUT2D eigenvalue weighted by Gasteiger charge is -2.32. The molecule has 120 valence electrons. The van der Waals surface area contributed by atoms with Gasteiger partial charge in [-0.2, -0.15) is 0 Å². The van der Waals surface area contributed by atoms with Crippen molar-refractivity contribution in [3.8, 4) is 0 Å². The Labute approximate surface area is 131 Å². The molecule has 0 amide bonds. The largest absolute Gasteiger partial charge is 0.338 e. The van der Waals surface area contributed by atoms with Crippen LogP contribution in [0.2, 0.25) is 0 Å². The molecule has 0 N–H and O–H groups in total. The average Bonchev–Trinajstić information content (AvgIpc) is 2.49. The van der Waals surface area contributed by atoms with Gasteiger partial charge in [0.25, 0.3) is 0 Å². The summed E-state index contributed by atoms with van der Waals surface area (Å²) >= 11 is 0. The van der Waals surface area contributed by atoms with E-state index < -0.39 is 0 Å². The van der Waals surface area contributed by atoms with Gasteiger partial charge in [-0.3, -0.25) is 0 Å². The van der Waals surface area contributed by atoms with Crippen molar-refractivity contribution in [2.24, 2.45) is 0 Å². The highest BCUT2D eigenvalue weighted by atomic mass is 15.3. The molecule has 0 aromatic carbocycles. The summed E-state index contributed by atoms with van der Waals surface area (Å²) in [4.78, 5) is 11.9. The van der Waals surface area contributed by atoms with Crippen molar-refractivity contribution >= 4 is 5.95 Å². The molecule has 3 nitrogen and oxygen atoms in total. The van der Waals surface area contributed by atoms with Gasteiger partial charge < -0.3 is 4.90 Å². The average molecular weight is 291 g/mol. The van der Waals surface area contributed by atoms with Crippen LogP contribution in [-0.4, -0.2) is 22.6 Å². The van der Waals surface area contributed by atoms with Gasteiger partial charge in [-0.05, 0) is 31.7 Å². The Morgan fingerprint density at radius 2 is 1.71 bits per heavy atom. The molecule has 1 heterocycles. The van der Waals surface area contributed by atoms with Gasteiger partial charge in [0.1, 0.15) is 0 Å². The van der Waals surface area contributed by atoms with Gasteiger partial charge in [-0.25, -0.2) is 9.97 Å². The second-order valence-electron chi connectivity index (χ2n) is 5.88. The van der Waals surface area contributed by atoms with E-state index in [9.17, 15) is 0 Å². The van der Waals surface area contributed by atoms with Crippen LogP contribution in [0.4, 0.5) is 5.95 Å². The molecular formula is C18H33N3. The molecule has 0 spiro atoms. The molecule has 1 rings (SSSR count). The van der Waals surface area contributed by atoms with Gasteiger partial charge in [0.05, 0.1) is 0 Å². The van der Waals surface area contributed by atoms with Gasteiger partial charge in [0.2, 0.25) is 5.95 Å². The maximum atomic E-state index is 4.82. The standard InChI is InChI=1S/C18H33N3/c1-5-9-15-21(17(11-7-3)12-8-4)18-19-14-13-16(20-18)10-6-2/h13-14,17H,5-12,15H2,1-4H3. The summed E-state index contributed by atoms with van der Waals surface area (Å²) in [5.41, 5.74) is 1.18. The number of hydrogen-bond donors (Lipinski definition) is 0. The molecule has 0 bridgehead atoms. The van der Waals surface area contributed by atoms with Crippen molar-refractivity contribution in [2.45, 2.75) is 85.1 Å². The zero-order valence-corrected chi connectivity index (χ0v) is 14.4. The summed E-state index contributed by atoms with van der Waals surface area (Å²) in [5, 5.41) is 0. The molecule has 21 heavy (non-hydrogen) atoms. The lowest BCUT2D eigenvalue weighted by Crippen LogP contribution is -2.37. The fourth-order valence-corrected chi connectivity index (χ4v) is 2.82. The molecule has 0 unspecified atom stereocenters. The molecule has 0 aliphatic carbocycles. The van der Waals surface area contributed by atoms with E-state index in [1.165, 1.54) is 44.2 Å². The monoisotopic (exact) mass is 291 g/mol. The molecule has 0 radical (unpaired) electrons. The van der Waals surface area contributed by atoms with E-state index in [0.29, 0.717) is 6.04 Å². The molecule has 3 heteroatoms. The van der Waals surface area contributed by atoms with Crippen LogP contribution in [0.5, 0.6) is 0 Å². The predicted molar refractivity (Wildman–Crippen MR) is 91.9 cm³/mol. The van der Waals surface area contributed by atoms with Crippen molar-refractivity contribution < 1.29 is 0 Å². The molecule has 0 aliphatic rings. The third kappa shape index (κ3) is 6.03. The highest BCUT2D eigenvalue weighted by Crippen LogP contribution is 2.20. The van der Waals surface area contributed by atoms with Crippen LogP contribution in [0.25, 0.3) is 0 Å². The number of rotatable bonds is 11. The minimum Gasteiger partial charge on any atom is -0.338 e. The Kier molecular flexibility index (Phi) is 9.04. The Morgan fingerprint density at radius 3 is 2.29 bits per heavy atom. The van der Waals surface area contributed by atoms with Gasteiger partial charge >= 0.3 is 0 Å². The predicted octanol–water partition coefficient (Wildman–Crippen LogP) is 5.00. The van der Waals surface area contributed by atoms with Crippen molar-refractivity contribution in [2.75, 3.05) is 11.4 Å². The van der Waals surface area contributed by atoms with Crippen molar-refractivity contribution in [1.82, 2.24) is 9.97 Å². The van der Waals surface area contributed by atoms with E-state index in [1.54, 1.807) is 0 Å². The van der Waals surface area contributed by atoms with Crippen LogP contribution in [0, 0.1) is 0 Å². The summed E-state index contributed by atoms with van der Waals surface area (Å²) in [7, 11) is 0. The zero-order valence-electron chi connectivity index (χ0n) is 14.4. The van der Waals surface area contributed by atoms with E-state index >= 15 is 0 Å². The van der Waals surface area contributed by atoms with E-state index in [2.05, 4.69) is 43.6 Å². The first-order valence-electron chi connectivity index (χ1n) is 8.85. The highest BCUT2D eigenvalue weighted by Gasteiger charge is 2.19. The fraction of sp³-hybridized carbons (Fsp3) is 0.778. The second-order valence-corrected chi connectivity index (χ2v) is 5.88. The van der Waals surface area contributed by atoms with Crippen LogP contribution in [0.3, 0.4) is 0 Å². The Balaban J connectivity index is 2.95. The zero-order chi connectivity index (χ0) is 15.5. The smallest absolute Gasteiger partial charge is 0.225 e. The molecule has 1 aromatic heterocycles. The lowest BCUT2D eigenvalue weighted by molar-refractivity contribution is 0.488. The first kappa shape index (κ1) is 17.9. The van der Waals surface area contributed by atoms with Crippen LogP contribution < -0.4 is 4.90 Å². The number of anilines is 1. The summed E-state index contributed by atoms with van der Waals surface area (Å²) in [6.45, 7) is 10.1. The minimum absolute atomic E-state index is 0.587. The molecule has 0 saturated carbocycles. The van der Waals surface area contributed by atoms with Gasteiger partial charge in [0.15, 0.2) is 0 Å². The normalized spacial score (nSPS) is 11.1. The summed E-state index contributed by atoms with van der Waals surface area (Å²) in [5.74, 6) is 0.946. The first-order chi connectivity index (χ1) is 10.3. The van der Waals surface area contributed by atoms with E-state index in [4.69, 9.17) is 4.98 Å². The molecule has 0 saturated heterocycles. The van der Waals surface area contributed by atoms with E-state index in [0.717, 1.165) is 25.3 Å². The van der Waals surface area contributed by atoms with E-state index in [1.807, 2.05) is 6.20 Å². The first-order valence-corrected chi connectivity index (χ1v) is 8.85. The molecule has 0 atom stereocenters. The number of unbranched alkanes of at least 4 members (excludes halogenated alkanes) is 1. The number of aromatic nitrogens is 2. The fourth-order valence-electron chi connectivity index (χ4n) is 2.82. The van der Waals surface area contributed by atoms with Crippen molar-refractivity contribution in [3.63, 3.8) is 0 Å². The topological polar surface area (TPSA) is 29.0 Å². The Bertz CT molecular complexity index is 372. The van der Waals surface area contributed by atoms with Crippen LogP contribution in [-0.2, 0) is 6.42 Å². The lowest BCUT2D eigenvalue weighted by atomic mass is 10.0. The van der Waals surface area contributed by atoms with Gasteiger partial charge in [-0.15, -0.1) is 0 Å². The quantitative estimate of drug-likeness (QED) is 0.574. The van der Waals surface area contributed by atoms with Crippen molar-refractivity contribution in [1.29, 1.82) is 0 Å². The maximum absolute atomic E-state index is 4.82. The van der Waals surface area contributed by atoms with E-state index in [-0.39, 0.29) is 0 Å². The molecule has 0 fully saturated rings. The van der Waals surface area contributed by atoms with Crippen LogP contribution >= 0.6 is 0 Å². The molecule has 0 aliphatic heterocycles. The van der Waals surface area contributed by atoms with Crippen molar-refractivity contribution in [3.05, 3.63) is 18.0 Å². The Morgan fingerprint density at radius 1 is 1.00 bits per heavy atom. The molecular weight excluding hydrogens is 258 g/mol. The van der Waals surface area contributed by atoms with Gasteiger partial charge in [0, 0.05) is 24.5 Å². The third-order valence-corrected chi connectivity index (χ3v) is 3.90. The summed E-state index contributed by atoms with van der Waals surface area (Å²) < 4.78 is 0.